The molecule has 0 radical (unpaired) electrons. The predicted octanol–water partition coefficient (Wildman–Crippen LogP) is 2.64. The summed E-state index contributed by atoms with van der Waals surface area (Å²) in [6.45, 7) is 2.30. The highest BCUT2D eigenvalue weighted by atomic mass is 35.5. The Bertz CT molecular complexity index is 787. The van der Waals surface area contributed by atoms with E-state index in [0.29, 0.717) is 36.9 Å². The van der Waals surface area contributed by atoms with Crippen LogP contribution in [-0.4, -0.2) is 50.0 Å². The number of benzene rings is 2. The van der Waals surface area contributed by atoms with Gasteiger partial charge in [0, 0.05) is 31.9 Å². The van der Waals surface area contributed by atoms with Crippen molar-refractivity contribution in [2.45, 2.75) is 0 Å². The lowest BCUT2D eigenvalue weighted by molar-refractivity contribution is -0.143. The van der Waals surface area contributed by atoms with Crippen LogP contribution in [0.2, 0.25) is 5.02 Å². The average molecular weight is 374 g/mol. The van der Waals surface area contributed by atoms with Crippen molar-refractivity contribution in [1.29, 1.82) is 0 Å². The van der Waals surface area contributed by atoms with E-state index in [9.17, 15) is 9.59 Å². The smallest absolute Gasteiger partial charge is 0.313 e. The third-order valence-electron chi connectivity index (χ3n) is 4.32. The minimum absolute atomic E-state index is 0.401. The second kappa shape index (κ2) is 8.10. The molecular formula is C19H20ClN3O3. The van der Waals surface area contributed by atoms with Gasteiger partial charge >= 0.3 is 11.8 Å². The predicted molar refractivity (Wildman–Crippen MR) is 102 cm³/mol. The van der Waals surface area contributed by atoms with Crippen LogP contribution in [-0.2, 0) is 9.59 Å². The lowest BCUT2D eigenvalue weighted by Crippen LogP contribution is -2.51. The largest absolute Gasteiger partial charge is 0.497 e. The number of anilines is 2. The Morgan fingerprint density at radius 1 is 1.00 bits per heavy atom. The molecule has 2 aromatic rings. The van der Waals surface area contributed by atoms with Crippen molar-refractivity contribution in [2.24, 2.45) is 0 Å². The molecule has 136 valence electrons. The van der Waals surface area contributed by atoms with Crippen LogP contribution >= 0.6 is 11.6 Å². The third kappa shape index (κ3) is 4.08. The Kier molecular flexibility index (Phi) is 5.63. The summed E-state index contributed by atoms with van der Waals surface area (Å²) in [4.78, 5) is 28.3. The number of nitrogens with one attached hydrogen (secondary N) is 1. The molecule has 0 unspecified atom stereocenters. The Labute approximate surface area is 157 Å². The zero-order valence-electron chi connectivity index (χ0n) is 14.4. The number of nitrogens with zero attached hydrogens (tertiary/aromatic N) is 2. The summed E-state index contributed by atoms with van der Waals surface area (Å²) in [5, 5.41) is 2.97. The minimum Gasteiger partial charge on any atom is -0.497 e. The number of rotatable bonds is 3. The van der Waals surface area contributed by atoms with E-state index in [1.807, 2.05) is 24.3 Å². The number of carbonyl (C=O) groups excluding carboxylic acids is 2. The van der Waals surface area contributed by atoms with Crippen LogP contribution in [0.5, 0.6) is 5.75 Å². The fourth-order valence-electron chi connectivity index (χ4n) is 2.84. The molecule has 2 amide bonds. The monoisotopic (exact) mass is 373 g/mol. The summed E-state index contributed by atoms with van der Waals surface area (Å²) < 4.78 is 5.16. The van der Waals surface area contributed by atoms with Crippen molar-refractivity contribution in [2.75, 3.05) is 43.5 Å². The summed E-state index contributed by atoms with van der Waals surface area (Å²) in [6.07, 6.45) is 0. The van der Waals surface area contributed by atoms with Crippen molar-refractivity contribution in [3.8, 4) is 5.75 Å². The highest BCUT2D eigenvalue weighted by Crippen LogP contribution is 2.22. The molecule has 1 N–H and O–H groups in total. The molecule has 0 aliphatic carbocycles. The van der Waals surface area contributed by atoms with Gasteiger partial charge in [0.1, 0.15) is 5.75 Å². The molecule has 7 heteroatoms. The molecule has 0 atom stereocenters. The number of ether oxygens (including phenoxy) is 1. The van der Waals surface area contributed by atoms with Crippen molar-refractivity contribution in [3.05, 3.63) is 53.6 Å². The lowest BCUT2D eigenvalue weighted by Gasteiger charge is -2.35. The maximum atomic E-state index is 12.4. The zero-order chi connectivity index (χ0) is 18.5. The van der Waals surface area contributed by atoms with Gasteiger partial charge in [0.25, 0.3) is 0 Å². The van der Waals surface area contributed by atoms with Gasteiger partial charge in [-0.05, 0) is 36.4 Å². The molecule has 1 aliphatic heterocycles. The van der Waals surface area contributed by atoms with Gasteiger partial charge < -0.3 is 19.9 Å². The molecule has 1 saturated heterocycles. The number of piperazine rings is 1. The van der Waals surface area contributed by atoms with Crippen LogP contribution < -0.4 is 15.0 Å². The maximum absolute atomic E-state index is 12.4. The van der Waals surface area contributed by atoms with Crippen LogP contribution in [0, 0.1) is 0 Å². The molecule has 0 spiro atoms. The van der Waals surface area contributed by atoms with Gasteiger partial charge in [0.05, 0.1) is 17.8 Å². The Morgan fingerprint density at radius 3 is 2.27 bits per heavy atom. The van der Waals surface area contributed by atoms with Crippen molar-refractivity contribution in [1.82, 2.24) is 4.90 Å². The first-order valence-electron chi connectivity index (χ1n) is 8.32. The second-order valence-corrected chi connectivity index (χ2v) is 6.32. The number of para-hydroxylation sites is 1. The molecule has 1 aliphatic rings. The van der Waals surface area contributed by atoms with Crippen molar-refractivity contribution >= 4 is 34.8 Å². The number of methoxy groups -OCH3 is 1. The highest BCUT2D eigenvalue weighted by molar-refractivity contribution is 6.41. The van der Waals surface area contributed by atoms with E-state index in [2.05, 4.69) is 10.2 Å². The van der Waals surface area contributed by atoms with E-state index in [1.165, 1.54) is 0 Å². The molecule has 0 saturated carbocycles. The number of amides is 2. The summed E-state index contributed by atoms with van der Waals surface area (Å²) in [6, 6.07) is 14.6. The van der Waals surface area contributed by atoms with Crippen LogP contribution in [0.25, 0.3) is 0 Å². The third-order valence-corrected chi connectivity index (χ3v) is 4.65. The van der Waals surface area contributed by atoms with E-state index in [-0.39, 0.29) is 0 Å². The summed E-state index contributed by atoms with van der Waals surface area (Å²) in [5.41, 5.74) is 1.50. The van der Waals surface area contributed by atoms with Gasteiger partial charge in [0.15, 0.2) is 0 Å². The molecule has 2 aromatic carbocycles. The molecule has 6 nitrogen and oxygen atoms in total. The standard InChI is InChI=1S/C19H20ClN3O3/c1-26-15-8-6-14(7-9-15)22-10-12-23(13-11-22)19(25)18(24)21-17-5-3-2-4-16(17)20/h2-9H,10-13H2,1H3,(H,21,24). The molecule has 26 heavy (non-hydrogen) atoms. The quantitative estimate of drug-likeness (QED) is 0.840. The Morgan fingerprint density at radius 2 is 1.65 bits per heavy atom. The van der Waals surface area contributed by atoms with Crippen molar-refractivity contribution < 1.29 is 14.3 Å². The number of hydrogen-bond donors (Lipinski definition) is 1. The molecule has 1 fully saturated rings. The van der Waals surface area contributed by atoms with Gasteiger partial charge in [-0.25, -0.2) is 0 Å². The maximum Gasteiger partial charge on any atom is 0.313 e. The van der Waals surface area contributed by atoms with Crippen molar-refractivity contribution in [3.63, 3.8) is 0 Å². The van der Waals surface area contributed by atoms with Gasteiger partial charge in [-0.2, -0.15) is 0 Å². The summed E-state index contributed by atoms with van der Waals surface area (Å²) in [7, 11) is 1.63. The van der Waals surface area contributed by atoms with E-state index in [1.54, 1.807) is 36.3 Å². The molecule has 0 aromatic heterocycles. The molecular weight excluding hydrogens is 354 g/mol. The second-order valence-electron chi connectivity index (χ2n) is 5.91. The lowest BCUT2D eigenvalue weighted by atomic mass is 10.2. The van der Waals surface area contributed by atoms with Gasteiger partial charge in [-0.3, -0.25) is 9.59 Å². The number of carbonyl (C=O) groups is 2. The van der Waals surface area contributed by atoms with E-state index < -0.39 is 11.8 Å². The van der Waals surface area contributed by atoms with Crippen LogP contribution in [0.1, 0.15) is 0 Å². The minimum atomic E-state index is -0.670. The number of hydrogen-bond acceptors (Lipinski definition) is 4. The topological polar surface area (TPSA) is 61.9 Å². The Balaban J connectivity index is 1.56. The first-order chi connectivity index (χ1) is 12.6. The van der Waals surface area contributed by atoms with Crippen LogP contribution in [0.4, 0.5) is 11.4 Å². The summed E-state index contributed by atoms with van der Waals surface area (Å²) in [5.74, 6) is -0.408. The zero-order valence-corrected chi connectivity index (χ0v) is 15.2. The highest BCUT2D eigenvalue weighted by Gasteiger charge is 2.26. The first kappa shape index (κ1) is 18.1. The SMILES string of the molecule is COc1ccc(N2CCN(C(=O)C(=O)Nc3ccccc3Cl)CC2)cc1. The summed E-state index contributed by atoms with van der Waals surface area (Å²) >= 11 is 6.01. The van der Waals surface area contributed by atoms with Gasteiger partial charge in [-0.15, -0.1) is 0 Å². The van der Waals surface area contributed by atoms with Gasteiger partial charge in [0.2, 0.25) is 0 Å². The first-order valence-corrected chi connectivity index (χ1v) is 8.70. The van der Waals surface area contributed by atoms with E-state index in [0.717, 1.165) is 11.4 Å². The van der Waals surface area contributed by atoms with Crippen LogP contribution in [0.3, 0.4) is 0 Å². The van der Waals surface area contributed by atoms with E-state index >= 15 is 0 Å². The number of halogens is 1. The van der Waals surface area contributed by atoms with Gasteiger partial charge in [-0.1, -0.05) is 23.7 Å². The fourth-order valence-corrected chi connectivity index (χ4v) is 3.03. The molecule has 1 heterocycles. The average Bonchev–Trinajstić information content (AvgIpc) is 2.69. The normalized spacial score (nSPS) is 14.1. The molecule has 0 bridgehead atoms. The van der Waals surface area contributed by atoms with Crippen LogP contribution in [0.15, 0.2) is 48.5 Å². The fraction of sp³-hybridized carbons (Fsp3) is 0.263. The Hall–Kier alpha value is -2.73. The molecule has 3 rings (SSSR count). The van der Waals surface area contributed by atoms with E-state index in [4.69, 9.17) is 16.3 Å².